The first-order chi connectivity index (χ1) is 17.7. The van der Waals surface area contributed by atoms with Crippen molar-refractivity contribution < 1.29 is 19.0 Å². The molecule has 1 aromatic carbocycles. The fourth-order valence-corrected chi connectivity index (χ4v) is 5.07. The number of hydrogen-bond donors (Lipinski definition) is 1. The Hall–Kier alpha value is -4.03. The molecule has 2 saturated heterocycles. The Morgan fingerprint density at radius 1 is 1.11 bits per heavy atom. The highest BCUT2D eigenvalue weighted by Crippen LogP contribution is 2.43. The summed E-state index contributed by atoms with van der Waals surface area (Å²) in [7, 11) is 0. The van der Waals surface area contributed by atoms with Crippen LogP contribution in [0.1, 0.15) is 32.3 Å². The molecule has 2 aromatic heterocycles. The molecule has 0 atom stereocenters. The van der Waals surface area contributed by atoms with E-state index in [1.807, 2.05) is 12.1 Å². The Kier molecular flexibility index (Phi) is 6.30. The van der Waals surface area contributed by atoms with Gasteiger partial charge in [-0.2, -0.15) is 5.26 Å². The van der Waals surface area contributed by atoms with Crippen LogP contribution in [0.2, 0.25) is 0 Å². The Morgan fingerprint density at radius 2 is 1.86 bits per heavy atom. The van der Waals surface area contributed by atoms with Gasteiger partial charge in [0, 0.05) is 49.4 Å². The van der Waals surface area contributed by atoms with Gasteiger partial charge in [-0.3, -0.25) is 14.8 Å². The van der Waals surface area contributed by atoms with Gasteiger partial charge in [0.25, 0.3) is 5.91 Å². The molecule has 2 fully saturated rings. The molecule has 4 heterocycles. The lowest BCUT2D eigenvalue weighted by Crippen LogP contribution is -2.64. The summed E-state index contributed by atoms with van der Waals surface area (Å²) < 4.78 is 19.2. The average molecular weight is 502 g/mol. The molecule has 1 N–H and O–H groups in total. The van der Waals surface area contributed by atoms with Crippen LogP contribution in [0.4, 0.5) is 10.1 Å². The minimum Gasteiger partial charge on any atom is -0.456 e. The quantitative estimate of drug-likeness (QED) is 0.560. The van der Waals surface area contributed by atoms with E-state index in [-0.39, 0.29) is 11.3 Å². The minimum atomic E-state index is -1.34. The van der Waals surface area contributed by atoms with Crippen LogP contribution in [0.3, 0.4) is 0 Å². The van der Waals surface area contributed by atoms with E-state index in [4.69, 9.17) is 4.74 Å². The van der Waals surface area contributed by atoms with Crippen LogP contribution in [0, 0.1) is 22.6 Å². The van der Waals surface area contributed by atoms with Gasteiger partial charge in [0.2, 0.25) is 0 Å². The number of amides is 1. The number of aromatic nitrogens is 2. The zero-order valence-electron chi connectivity index (χ0n) is 20.8. The number of carbonyl (C=O) groups is 1. The van der Waals surface area contributed by atoms with E-state index in [2.05, 4.69) is 20.9 Å². The van der Waals surface area contributed by atoms with E-state index in [9.17, 15) is 19.6 Å². The molecule has 9 heteroatoms. The monoisotopic (exact) mass is 501 g/mol. The number of anilines is 1. The number of halogens is 1. The summed E-state index contributed by atoms with van der Waals surface area (Å²) in [5, 5.41) is 19.8. The van der Waals surface area contributed by atoms with Crippen LogP contribution in [-0.4, -0.2) is 57.7 Å². The number of likely N-dealkylation sites (tertiary alicyclic amines) is 1. The van der Waals surface area contributed by atoms with Crippen LogP contribution in [0.5, 0.6) is 11.5 Å². The zero-order chi connectivity index (χ0) is 26.2. The van der Waals surface area contributed by atoms with E-state index in [1.165, 1.54) is 19.9 Å². The van der Waals surface area contributed by atoms with Gasteiger partial charge in [0.15, 0.2) is 0 Å². The van der Waals surface area contributed by atoms with E-state index >= 15 is 0 Å². The Balaban J connectivity index is 1.24. The molecule has 2 aliphatic rings. The molecule has 1 amide bonds. The van der Waals surface area contributed by atoms with Gasteiger partial charge in [-0.25, -0.2) is 4.39 Å². The number of rotatable bonds is 5. The summed E-state index contributed by atoms with van der Waals surface area (Å²) >= 11 is 0. The second-order valence-corrected chi connectivity index (χ2v) is 10.4. The smallest absolute Gasteiger partial charge is 0.253 e. The third-order valence-corrected chi connectivity index (χ3v) is 7.09. The number of pyridine rings is 2. The number of aliphatic hydroxyl groups is 1. The molecular formula is C28H28FN5O3. The molecule has 8 nitrogen and oxygen atoms in total. The van der Waals surface area contributed by atoms with Crippen LogP contribution in [0.15, 0.2) is 55.0 Å². The van der Waals surface area contributed by atoms with Crippen LogP contribution >= 0.6 is 0 Å². The molecule has 1 spiro atoms. The number of nitriles is 1. The third kappa shape index (κ3) is 5.11. The molecule has 0 radical (unpaired) electrons. The highest BCUT2D eigenvalue weighted by Gasteiger charge is 2.49. The van der Waals surface area contributed by atoms with Gasteiger partial charge in [0.05, 0.1) is 29.3 Å². The number of hydrogen-bond acceptors (Lipinski definition) is 7. The van der Waals surface area contributed by atoms with Gasteiger partial charge in [-0.15, -0.1) is 0 Å². The number of nitrogens with zero attached hydrogens (tertiary/aromatic N) is 5. The van der Waals surface area contributed by atoms with Crippen molar-refractivity contribution >= 4 is 11.6 Å². The van der Waals surface area contributed by atoms with E-state index in [0.29, 0.717) is 41.4 Å². The Morgan fingerprint density at radius 3 is 2.51 bits per heavy atom. The summed E-state index contributed by atoms with van der Waals surface area (Å²) in [4.78, 5) is 24.5. The predicted octanol–water partition coefficient (Wildman–Crippen LogP) is 4.15. The van der Waals surface area contributed by atoms with Gasteiger partial charge in [0.1, 0.15) is 29.0 Å². The molecule has 0 saturated carbocycles. The van der Waals surface area contributed by atoms with E-state index in [0.717, 1.165) is 37.8 Å². The molecule has 2 aliphatic heterocycles. The second kappa shape index (κ2) is 9.45. The summed E-state index contributed by atoms with van der Waals surface area (Å²) in [6.07, 6.45) is 6.19. The predicted molar refractivity (Wildman–Crippen MR) is 135 cm³/mol. The molecule has 190 valence electrons. The van der Waals surface area contributed by atoms with Crippen molar-refractivity contribution in [2.45, 2.75) is 32.3 Å². The number of piperidine rings is 1. The Labute approximate surface area is 214 Å². The normalized spacial score (nSPS) is 16.7. The van der Waals surface area contributed by atoms with E-state index in [1.54, 1.807) is 35.5 Å². The highest BCUT2D eigenvalue weighted by molar-refractivity contribution is 5.85. The first-order valence-electron chi connectivity index (χ1n) is 12.2. The fourth-order valence-electron chi connectivity index (χ4n) is 5.07. The number of carbonyl (C=O) groups excluding carboxylic acids is 1. The van der Waals surface area contributed by atoms with E-state index < -0.39 is 11.4 Å². The molecule has 3 aromatic rings. The van der Waals surface area contributed by atoms with Crippen molar-refractivity contribution in [1.29, 1.82) is 5.26 Å². The summed E-state index contributed by atoms with van der Waals surface area (Å²) in [5.74, 6) is 0.361. The van der Waals surface area contributed by atoms with Gasteiger partial charge < -0.3 is 19.6 Å². The molecular weight excluding hydrogens is 473 g/mol. The third-order valence-electron chi connectivity index (χ3n) is 7.09. The highest BCUT2D eigenvalue weighted by atomic mass is 19.1. The van der Waals surface area contributed by atoms with Crippen molar-refractivity contribution in [3.63, 3.8) is 0 Å². The standard InChI is InChI=1S/C28H28FN5O3/c1-27(2,36)26(35)34-17-28(18-34)7-9-33(10-8-28)25-6-4-22(11-19(25)13-30)37-23-12-20(14-31-16-23)24-5-3-21(29)15-32-24/h3-6,11-12,14-16,36H,7-10,17-18H2,1-2H3. The van der Waals surface area contributed by atoms with Crippen LogP contribution in [-0.2, 0) is 4.79 Å². The first kappa shape index (κ1) is 24.7. The van der Waals surface area contributed by atoms with Crippen molar-refractivity contribution in [1.82, 2.24) is 14.9 Å². The maximum Gasteiger partial charge on any atom is 0.253 e. The number of benzene rings is 1. The largest absolute Gasteiger partial charge is 0.456 e. The van der Waals surface area contributed by atoms with Gasteiger partial charge in [-0.1, -0.05) is 0 Å². The lowest BCUT2D eigenvalue weighted by molar-refractivity contribution is -0.161. The maximum atomic E-state index is 13.2. The van der Waals surface area contributed by atoms with Crippen molar-refractivity contribution in [2.24, 2.45) is 5.41 Å². The lowest BCUT2D eigenvalue weighted by Gasteiger charge is -2.55. The molecule has 5 rings (SSSR count). The molecule has 0 aliphatic carbocycles. The average Bonchev–Trinajstić information content (AvgIpc) is 2.87. The van der Waals surface area contributed by atoms with Gasteiger partial charge >= 0.3 is 0 Å². The molecule has 37 heavy (non-hydrogen) atoms. The van der Waals surface area contributed by atoms with Crippen LogP contribution in [0.25, 0.3) is 11.3 Å². The second-order valence-electron chi connectivity index (χ2n) is 10.4. The summed E-state index contributed by atoms with van der Waals surface area (Å²) in [5.41, 5.74) is 1.39. The topological polar surface area (TPSA) is 103 Å². The Bertz CT molecular complexity index is 1350. The molecule has 0 bridgehead atoms. The van der Waals surface area contributed by atoms with Crippen LogP contribution < -0.4 is 9.64 Å². The number of ether oxygens (including phenoxy) is 1. The minimum absolute atomic E-state index is 0.0880. The van der Waals surface area contributed by atoms with Crippen molar-refractivity contribution in [3.05, 3.63) is 66.4 Å². The maximum absolute atomic E-state index is 13.2. The van der Waals surface area contributed by atoms with Crippen molar-refractivity contribution in [3.8, 4) is 28.8 Å². The summed E-state index contributed by atoms with van der Waals surface area (Å²) in [6.45, 7) is 5.96. The lowest BCUT2D eigenvalue weighted by atomic mass is 9.71. The van der Waals surface area contributed by atoms with Crippen molar-refractivity contribution in [2.75, 3.05) is 31.1 Å². The molecule has 0 unspecified atom stereocenters. The first-order valence-corrected chi connectivity index (χ1v) is 12.2. The zero-order valence-corrected chi connectivity index (χ0v) is 20.8. The van der Waals surface area contributed by atoms with Gasteiger partial charge in [-0.05, 0) is 57.0 Å². The SMILES string of the molecule is CC(C)(O)C(=O)N1CC2(CCN(c3ccc(Oc4cncc(-c5ccc(F)cn5)c4)cc3C#N)CC2)C1. The summed E-state index contributed by atoms with van der Waals surface area (Å²) in [6, 6.07) is 12.4. The fraction of sp³-hybridized carbons (Fsp3) is 0.357.